The van der Waals surface area contributed by atoms with Gasteiger partial charge in [0.25, 0.3) is 0 Å². The third kappa shape index (κ3) is 4.04. The second-order valence-electron chi connectivity index (χ2n) is 5.07. The van der Waals surface area contributed by atoms with Gasteiger partial charge in [-0.1, -0.05) is 26.0 Å². The average molecular weight is 249 g/mol. The summed E-state index contributed by atoms with van der Waals surface area (Å²) in [7, 11) is 3.90. The summed E-state index contributed by atoms with van der Waals surface area (Å²) in [4.78, 5) is 13.9. The Labute approximate surface area is 109 Å². The largest absolute Gasteiger partial charge is 0.376 e. The highest BCUT2D eigenvalue weighted by Gasteiger charge is 2.14. The number of anilines is 2. The third-order valence-corrected chi connectivity index (χ3v) is 2.94. The lowest BCUT2D eigenvalue weighted by Crippen LogP contribution is -2.31. The molecule has 3 N–H and O–H groups in total. The minimum Gasteiger partial charge on any atom is -0.376 e. The van der Waals surface area contributed by atoms with Gasteiger partial charge in [0.15, 0.2) is 0 Å². The molecule has 4 heteroatoms. The number of benzene rings is 1. The maximum absolute atomic E-state index is 11.9. The number of carbonyl (C=O) groups excluding carboxylic acids is 1. The quantitative estimate of drug-likeness (QED) is 0.840. The molecule has 0 saturated heterocycles. The highest BCUT2D eigenvalue weighted by molar-refractivity contribution is 5.94. The maximum Gasteiger partial charge on any atom is 0.225 e. The SMILES string of the molecule is CC(C)C(N)CC(=O)Nc1ccccc1N(C)C. The summed E-state index contributed by atoms with van der Waals surface area (Å²) in [5.74, 6) is 0.269. The van der Waals surface area contributed by atoms with Crippen molar-refractivity contribution >= 4 is 17.3 Å². The van der Waals surface area contributed by atoms with Crippen LogP contribution in [0.3, 0.4) is 0 Å². The topological polar surface area (TPSA) is 58.4 Å². The summed E-state index contributed by atoms with van der Waals surface area (Å²) in [5.41, 5.74) is 7.71. The first-order valence-electron chi connectivity index (χ1n) is 6.23. The first kappa shape index (κ1) is 14.5. The fourth-order valence-electron chi connectivity index (χ4n) is 1.62. The summed E-state index contributed by atoms with van der Waals surface area (Å²) < 4.78 is 0. The summed E-state index contributed by atoms with van der Waals surface area (Å²) in [6.07, 6.45) is 0.347. The van der Waals surface area contributed by atoms with Crippen LogP contribution < -0.4 is 16.0 Å². The molecule has 1 rings (SSSR count). The Kier molecular flexibility index (Phi) is 5.16. The van der Waals surface area contributed by atoms with Crippen molar-refractivity contribution in [2.45, 2.75) is 26.3 Å². The number of carbonyl (C=O) groups is 1. The Bertz CT molecular complexity index is 402. The Morgan fingerprint density at radius 1 is 1.33 bits per heavy atom. The Morgan fingerprint density at radius 2 is 1.94 bits per heavy atom. The molecule has 1 aromatic rings. The second-order valence-corrected chi connectivity index (χ2v) is 5.07. The molecule has 1 unspecified atom stereocenters. The lowest BCUT2D eigenvalue weighted by molar-refractivity contribution is -0.116. The van der Waals surface area contributed by atoms with Crippen LogP contribution in [0.25, 0.3) is 0 Å². The van der Waals surface area contributed by atoms with Crippen molar-refractivity contribution in [2.24, 2.45) is 11.7 Å². The highest BCUT2D eigenvalue weighted by Crippen LogP contribution is 2.23. The van der Waals surface area contributed by atoms with E-state index in [0.717, 1.165) is 11.4 Å². The van der Waals surface area contributed by atoms with Crippen LogP contribution in [0.2, 0.25) is 0 Å². The number of hydrogen-bond acceptors (Lipinski definition) is 3. The first-order chi connectivity index (χ1) is 8.41. The molecule has 100 valence electrons. The van der Waals surface area contributed by atoms with Crippen molar-refractivity contribution in [1.29, 1.82) is 0 Å². The Balaban J connectivity index is 2.70. The molecule has 0 radical (unpaired) electrons. The first-order valence-corrected chi connectivity index (χ1v) is 6.23. The van der Waals surface area contributed by atoms with Crippen LogP contribution in [0, 0.1) is 5.92 Å². The van der Waals surface area contributed by atoms with E-state index >= 15 is 0 Å². The number of rotatable bonds is 5. The smallest absolute Gasteiger partial charge is 0.225 e. The molecule has 18 heavy (non-hydrogen) atoms. The molecule has 0 heterocycles. The van der Waals surface area contributed by atoms with E-state index in [1.807, 2.05) is 57.1 Å². The molecule has 0 aliphatic carbocycles. The minimum absolute atomic E-state index is 0.0366. The molecule has 1 amide bonds. The summed E-state index contributed by atoms with van der Waals surface area (Å²) in [6, 6.07) is 7.62. The standard InChI is InChI=1S/C14H23N3O/c1-10(2)11(15)9-14(18)16-12-7-5-6-8-13(12)17(3)4/h5-8,10-11H,9,15H2,1-4H3,(H,16,18). The van der Waals surface area contributed by atoms with Crippen LogP contribution in [-0.2, 0) is 4.79 Å². The number of nitrogens with two attached hydrogens (primary N) is 1. The van der Waals surface area contributed by atoms with Crippen molar-refractivity contribution in [3.05, 3.63) is 24.3 Å². The number of nitrogens with zero attached hydrogens (tertiary/aromatic N) is 1. The molecule has 0 aliphatic heterocycles. The number of hydrogen-bond donors (Lipinski definition) is 2. The van der Waals surface area contributed by atoms with Crippen LogP contribution in [-0.4, -0.2) is 26.0 Å². The van der Waals surface area contributed by atoms with Crippen molar-refractivity contribution in [3.8, 4) is 0 Å². The maximum atomic E-state index is 11.9. The van der Waals surface area contributed by atoms with Gasteiger partial charge >= 0.3 is 0 Å². The van der Waals surface area contributed by atoms with Crippen LogP contribution in [0.4, 0.5) is 11.4 Å². The van der Waals surface area contributed by atoms with Crippen LogP contribution in [0.1, 0.15) is 20.3 Å². The van der Waals surface area contributed by atoms with Crippen molar-refractivity contribution in [3.63, 3.8) is 0 Å². The van der Waals surface area contributed by atoms with Crippen LogP contribution in [0.5, 0.6) is 0 Å². The fraction of sp³-hybridized carbons (Fsp3) is 0.500. The van der Waals surface area contributed by atoms with E-state index < -0.39 is 0 Å². The molecular weight excluding hydrogens is 226 g/mol. The van der Waals surface area contributed by atoms with Gasteiger partial charge in [-0.3, -0.25) is 4.79 Å². The molecule has 0 fully saturated rings. The molecule has 4 nitrogen and oxygen atoms in total. The number of para-hydroxylation sites is 2. The third-order valence-electron chi connectivity index (χ3n) is 2.94. The molecular formula is C14H23N3O. The van der Waals surface area contributed by atoms with Gasteiger partial charge in [-0.15, -0.1) is 0 Å². The van der Waals surface area contributed by atoms with Gasteiger partial charge in [-0.05, 0) is 18.1 Å². The van der Waals surface area contributed by atoms with Gasteiger partial charge in [0.05, 0.1) is 11.4 Å². The van der Waals surface area contributed by atoms with Crippen molar-refractivity contribution < 1.29 is 4.79 Å². The summed E-state index contributed by atoms with van der Waals surface area (Å²) in [5, 5.41) is 2.92. The predicted molar refractivity (Wildman–Crippen MR) is 76.8 cm³/mol. The lowest BCUT2D eigenvalue weighted by Gasteiger charge is -2.19. The van der Waals surface area contributed by atoms with E-state index in [2.05, 4.69) is 5.32 Å². The zero-order valence-corrected chi connectivity index (χ0v) is 11.6. The molecule has 0 saturated carbocycles. The van der Waals surface area contributed by atoms with Gasteiger partial charge in [0.1, 0.15) is 0 Å². The van der Waals surface area contributed by atoms with Crippen LogP contribution in [0.15, 0.2) is 24.3 Å². The van der Waals surface area contributed by atoms with E-state index in [1.54, 1.807) is 0 Å². The molecule has 0 aromatic heterocycles. The second kappa shape index (κ2) is 6.40. The summed E-state index contributed by atoms with van der Waals surface area (Å²) >= 11 is 0. The Morgan fingerprint density at radius 3 is 2.50 bits per heavy atom. The Hall–Kier alpha value is -1.55. The van der Waals surface area contributed by atoms with Crippen LogP contribution >= 0.6 is 0 Å². The van der Waals surface area contributed by atoms with Gasteiger partial charge in [-0.2, -0.15) is 0 Å². The molecule has 0 bridgehead atoms. The van der Waals surface area contributed by atoms with E-state index in [-0.39, 0.29) is 11.9 Å². The summed E-state index contributed by atoms with van der Waals surface area (Å²) in [6.45, 7) is 4.04. The van der Waals surface area contributed by atoms with E-state index in [9.17, 15) is 4.79 Å². The normalized spacial score (nSPS) is 12.3. The van der Waals surface area contributed by atoms with Gasteiger partial charge in [-0.25, -0.2) is 0 Å². The lowest BCUT2D eigenvalue weighted by atomic mass is 10.0. The number of amides is 1. The number of nitrogens with one attached hydrogen (secondary N) is 1. The monoisotopic (exact) mass is 249 g/mol. The zero-order chi connectivity index (χ0) is 13.7. The van der Waals surface area contributed by atoms with Gasteiger partial charge < -0.3 is 16.0 Å². The predicted octanol–water partition coefficient (Wildman–Crippen LogP) is 2.06. The van der Waals surface area contributed by atoms with Crippen molar-refractivity contribution in [2.75, 3.05) is 24.3 Å². The van der Waals surface area contributed by atoms with Crippen molar-refractivity contribution in [1.82, 2.24) is 0 Å². The van der Waals surface area contributed by atoms with E-state index in [1.165, 1.54) is 0 Å². The average Bonchev–Trinajstić information content (AvgIpc) is 2.28. The van der Waals surface area contributed by atoms with E-state index in [0.29, 0.717) is 12.3 Å². The fourth-order valence-corrected chi connectivity index (χ4v) is 1.62. The minimum atomic E-state index is -0.100. The highest BCUT2D eigenvalue weighted by atomic mass is 16.1. The zero-order valence-electron chi connectivity index (χ0n) is 11.6. The van der Waals surface area contributed by atoms with Gasteiger partial charge in [0.2, 0.25) is 5.91 Å². The molecule has 1 atom stereocenters. The van der Waals surface area contributed by atoms with E-state index in [4.69, 9.17) is 5.73 Å². The molecule has 0 aliphatic rings. The molecule has 1 aromatic carbocycles. The molecule has 0 spiro atoms. The van der Waals surface area contributed by atoms with Gasteiger partial charge in [0, 0.05) is 26.6 Å².